The molecule has 0 amide bonds. The first-order valence-corrected chi connectivity index (χ1v) is 10.4. The molecule has 0 aliphatic carbocycles. The molecular weight excluding hydrogens is 268 g/mol. The maximum absolute atomic E-state index is 10.2. The molecule has 0 rings (SSSR count). The van der Waals surface area contributed by atoms with Crippen LogP contribution in [0.25, 0.3) is 0 Å². The Morgan fingerprint density at radius 1 is 1.15 bits per heavy atom. The van der Waals surface area contributed by atoms with Gasteiger partial charge in [-0.1, -0.05) is 33.8 Å². The fourth-order valence-electron chi connectivity index (χ4n) is 1.89. The molecule has 0 unspecified atom stereocenters. The summed E-state index contributed by atoms with van der Waals surface area (Å²) in [6, 6.07) is 0. The molecule has 3 nitrogen and oxygen atoms in total. The van der Waals surface area contributed by atoms with E-state index in [-0.39, 0.29) is 17.1 Å². The van der Waals surface area contributed by atoms with Crippen LogP contribution in [0.3, 0.4) is 0 Å². The average molecular weight is 303 g/mol. The molecular formula is C16H34O3Si. The van der Waals surface area contributed by atoms with Crippen molar-refractivity contribution < 1.29 is 14.6 Å². The van der Waals surface area contributed by atoms with Crippen molar-refractivity contribution in [1.29, 1.82) is 0 Å². The summed E-state index contributed by atoms with van der Waals surface area (Å²) in [6.07, 6.45) is 0.355. The van der Waals surface area contributed by atoms with E-state index in [4.69, 9.17) is 4.43 Å². The van der Waals surface area contributed by atoms with Gasteiger partial charge in [-0.25, -0.2) is 0 Å². The van der Waals surface area contributed by atoms with Crippen LogP contribution in [-0.2, 0) is 4.43 Å². The molecule has 0 aromatic carbocycles. The Hall–Kier alpha value is -0.163. The minimum atomic E-state index is -1.92. The van der Waals surface area contributed by atoms with Crippen LogP contribution in [0.5, 0.6) is 0 Å². The highest BCUT2D eigenvalue weighted by molar-refractivity contribution is 6.74. The standard InChI is InChI=1S/C16H34O3Si/c1-10-11(2)15(12(3)14(18)13(4)17)19-20(8,9)16(5,6)7/h10,12-15,17-18H,1-9H3/b11-10+/t12-,13-,14+,15+/m0/s1. The van der Waals surface area contributed by atoms with Crippen LogP contribution in [0.15, 0.2) is 11.6 Å². The van der Waals surface area contributed by atoms with Crippen LogP contribution in [0, 0.1) is 5.92 Å². The Morgan fingerprint density at radius 3 is 1.90 bits per heavy atom. The summed E-state index contributed by atoms with van der Waals surface area (Å²) in [5, 5.41) is 19.9. The second-order valence-corrected chi connectivity index (χ2v) is 12.2. The second kappa shape index (κ2) is 7.21. The molecule has 0 heterocycles. The lowest BCUT2D eigenvalue weighted by Gasteiger charge is -2.42. The number of hydrogen-bond donors (Lipinski definition) is 2. The molecule has 20 heavy (non-hydrogen) atoms. The van der Waals surface area contributed by atoms with Crippen molar-refractivity contribution in [3.63, 3.8) is 0 Å². The molecule has 0 radical (unpaired) electrons. The molecule has 0 aromatic rings. The van der Waals surface area contributed by atoms with Crippen molar-refractivity contribution in [2.24, 2.45) is 5.92 Å². The fourth-order valence-corrected chi connectivity index (χ4v) is 3.28. The van der Waals surface area contributed by atoms with E-state index in [9.17, 15) is 10.2 Å². The predicted molar refractivity (Wildman–Crippen MR) is 88.4 cm³/mol. The molecule has 0 saturated carbocycles. The summed E-state index contributed by atoms with van der Waals surface area (Å²) >= 11 is 0. The van der Waals surface area contributed by atoms with Crippen LogP contribution >= 0.6 is 0 Å². The van der Waals surface area contributed by atoms with Gasteiger partial charge < -0.3 is 14.6 Å². The second-order valence-electron chi connectivity index (χ2n) is 7.42. The molecule has 4 heteroatoms. The van der Waals surface area contributed by atoms with Gasteiger partial charge in [-0.05, 0) is 44.5 Å². The highest BCUT2D eigenvalue weighted by Crippen LogP contribution is 2.39. The minimum absolute atomic E-state index is 0.120. The molecule has 2 N–H and O–H groups in total. The van der Waals surface area contributed by atoms with Gasteiger partial charge in [0.1, 0.15) is 0 Å². The summed E-state index contributed by atoms with van der Waals surface area (Å²) in [5.41, 5.74) is 1.11. The molecule has 120 valence electrons. The van der Waals surface area contributed by atoms with Gasteiger partial charge in [0.05, 0.1) is 18.3 Å². The van der Waals surface area contributed by atoms with E-state index in [1.807, 2.05) is 26.8 Å². The van der Waals surface area contributed by atoms with Crippen LogP contribution in [0.2, 0.25) is 18.1 Å². The normalized spacial score (nSPS) is 20.4. The highest BCUT2D eigenvalue weighted by atomic mass is 28.4. The van der Waals surface area contributed by atoms with Gasteiger partial charge in [0.15, 0.2) is 8.32 Å². The first-order chi connectivity index (χ1) is 8.85. The third kappa shape index (κ3) is 4.99. The molecule has 0 aliphatic rings. The number of rotatable bonds is 6. The van der Waals surface area contributed by atoms with Crippen molar-refractivity contribution in [2.45, 2.75) is 84.9 Å². The first kappa shape index (κ1) is 19.8. The van der Waals surface area contributed by atoms with Gasteiger partial charge in [-0.3, -0.25) is 0 Å². The molecule has 0 fully saturated rings. The van der Waals surface area contributed by atoms with E-state index < -0.39 is 20.5 Å². The number of aliphatic hydroxyl groups excluding tert-OH is 2. The van der Waals surface area contributed by atoms with E-state index in [1.165, 1.54) is 0 Å². The monoisotopic (exact) mass is 302 g/mol. The zero-order valence-corrected chi connectivity index (χ0v) is 15.7. The third-order valence-corrected chi connectivity index (χ3v) is 9.10. The van der Waals surface area contributed by atoms with E-state index in [2.05, 4.69) is 33.9 Å². The topological polar surface area (TPSA) is 49.7 Å². The number of allylic oxidation sites excluding steroid dienone is 1. The first-order valence-electron chi connectivity index (χ1n) is 7.52. The highest BCUT2D eigenvalue weighted by Gasteiger charge is 2.41. The van der Waals surface area contributed by atoms with E-state index in [1.54, 1.807) is 6.92 Å². The minimum Gasteiger partial charge on any atom is -0.410 e. The van der Waals surface area contributed by atoms with Gasteiger partial charge in [0, 0.05) is 5.92 Å². The summed E-state index contributed by atoms with van der Waals surface area (Å²) in [4.78, 5) is 0. The average Bonchev–Trinajstić information content (AvgIpc) is 2.31. The summed E-state index contributed by atoms with van der Waals surface area (Å²) in [5.74, 6) is -0.139. The molecule has 0 aromatic heterocycles. The van der Waals surface area contributed by atoms with E-state index in [0.29, 0.717) is 0 Å². The van der Waals surface area contributed by atoms with Gasteiger partial charge in [0.25, 0.3) is 0 Å². The lowest BCUT2D eigenvalue weighted by molar-refractivity contribution is -0.0321. The number of hydrogen-bond acceptors (Lipinski definition) is 3. The summed E-state index contributed by atoms with van der Waals surface area (Å²) < 4.78 is 6.49. The zero-order valence-electron chi connectivity index (χ0n) is 14.7. The molecule has 0 saturated heterocycles. The molecule has 0 aliphatic heterocycles. The fraction of sp³-hybridized carbons (Fsp3) is 0.875. The van der Waals surface area contributed by atoms with Crippen molar-refractivity contribution in [2.75, 3.05) is 0 Å². The van der Waals surface area contributed by atoms with Crippen molar-refractivity contribution in [3.05, 3.63) is 11.6 Å². The van der Waals surface area contributed by atoms with Gasteiger partial charge in [0.2, 0.25) is 0 Å². The van der Waals surface area contributed by atoms with Crippen molar-refractivity contribution >= 4 is 8.32 Å². The Bertz CT molecular complexity index is 329. The summed E-state index contributed by atoms with van der Waals surface area (Å²) in [6.45, 7) is 18.6. The zero-order chi connectivity index (χ0) is 16.3. The quantitative estimate of drug-likeness (QED) is 0.581. The smallest absolute Gasteiger partial charge is 0.192 e. The van der Waals surface area contributed by atoms with Crippen molar-refractivity contribution in [3.8, 4) is 0 Å². The largest absolute Gasteiger partial charge is 0.410 e. The van der Waals surface area contributed by atoms with Crippen LogP contribution in [0.1, 0.15) is 48.5 Å². The van der Waals surface area contributed by atoms with Gasteiger partial charge in [-0.2, -0.15) is 0 Å². The van der Waals surface area contributed by atoms with Crippen LogP contribution < -0.4 is 0 Å². The Morgan fingerprint density at radius 2 is 1.60 bits per heavy atom. The lowest BCUT2D eigenvalue weighted by Crippen LogP contribution is -2.48. The Balaban J connectivity index is 5.31. The SMILES string of the molecule is C/C=C(\C)[C@@H](O[Si](C)(C)C(C)(C)C)[C@@H](C)[C@@H](O)[C@H](C)O. The van der Waals surface area contributed by atoms with Crippen molar-refractivity contribution in [1.82, 2.24) is 0 Å². The predicted octanol–water partition coefficient (Wildman–Crippen LogP) is 3.72. The lowest BCUT2D eigenvalue weighted by atomic mass is 9.90. The molecule has 4 atom stereocenters. The Kier molecular flexibility index (Phi) is 7.15. The van der Waals surface area contributed by atoms with Gasteiger partial charge >= 0.3 is 0 Å². The maximum atomic E-state index is 10.2. The van der Waals surface area contributed by atoms with Gasteiger partial charge in [-0.15, -0.1) is 0 Å². The maximum Gasteiger partial charge on any atom is 0.192 e. The molecule has 0 spiro atoms. The Labute approximate surface area is 126 Å². The third-order valence-electron chi connectivity index (χ3n) is 4.64. The molecule has 0 bridgehead atoms. The van der Waals surface area contributed by atoms with E-state index in [0.717, 1.165) is 5.57 Å². The van der Waals surface area contributed by atoms with Crippen LogP contribution in [-0.4, -0.2) is 36.8 Å². The summed E-state index contributed by atoms with van der Waals surface area (Å²) in [7, 11) is -1.92. The number of aliphatic hydroxyl groups is 2. The van der Waals surface area contributed by atoms with Crippen LogP contribution in [0.4, 0.5) is 0 Å². The van der Waals surface area contributed by atoms with E-state index >= 15 is 0 Å².